The van der Waals surface area contributed by atoms with Gasteiger partial charge in [0.05, 0.1) is 0 Å². The van der Waals surface area contributed by atoms with Crippen molar-refractivity contribution in [2.75, 3.05) is 0 Å². The molecule has 0 saturated heterocycles. The van der Waals surface area contributed by atoms with Crippen LogP contribution in [0.2, 0.25) is 0 Å². The van der Waals surface area contributed by atoms with Gasteiger partial charge < -0.3 is 11.0 Å². The zero-order valence-corrected chi connectivity index (χ0v) is 3.06. The second-order valence-corrected chi connectivity index (χ2v) is 0. The predicted octanol–water partition coefficient (Wildman–Crippen LogP) is -2.84. The maximum Gasteiger partial charge on any atom is 0 e. The monoisotopic (exact) mass is 202 g/mol. The van der Waals surface area contributed by atoms with Crippen molar-refractivity contribution in [3.63, 3.8) is 0 Å². The van der Waals surface area contributed by atoms with Crippen LogP contribution in [0.1, 0.15) is 0 Å². The molecule has 0 aliphatic heterocycles. The van der Waals surface area contributed by atoms with Gasteiger partial charge in [0.2, 0.25) is 0 Å². The van der Waals surface area contributed by atoms with E-state index in [1.165, 1.54) is 0 Å². The predicted molar refractivity (Wildman–Crippen MR) is 17.2 cm³/mol. The summed E-state index contributed by atoms with van der Waals surface area (Å²) in [6.07, 6.45) is 0. The normalized spacial score (nSPS) is 0. The van der Waals surface area contributed by atoms with Crippen LogP contribution < -0.4 is 0 Å². The quantitative estimate of drug-likeness (QED) is 0.380. The molecule has 0 spiro atoms. The van der Waals surface area contributed by atoms with Gasteiger partial charge in [-0.25, -0.2) is 0 Å². The summed E-state index contributed by atoms with van der Waals surface area (Å²) in [6.45, 7) is 0. The Morgan fingerprint density at radius 1 is 0.750 bits per heavy atom. The van der Waals surface area contributed by atoms with Crippen LogP contribution in [0.25, 0.3) is 0 Å². The first-order chi connectivity index (χ1) is 0. The Hall–Kier alpha value is 1.50. The van der Waals surface area contributed by atoms with E-state index in [0.29, 0.717) is 0 Å². The van der Waals surface area contributed by atoms with E-state index in [2.05, 4.69) is 0 Å². The summed E-state index contributed by atoms with van der Waals surface area (Å²) >= 11 is 0. The van der Waals surface area contributed by atoms with Gasteiger partial charge in [-0.05, 0) is 0 Å². The molecule has 0 saturated carbocycles. The van der Waals surface area contributed by atoms with E-state index >= 15 is 0 Å². The molecular formula is H7InO2Ti. The molecule has 0 unspecified atom stereocenters. The molecule has 0 aliphatic rings. The van der Waals surface area contributed by atoms with Gasteiger partial charge in [-0.1, -0.05) is 0 Å². The van der Waals surface area contributed by atoms with Crippen LogP contribution in [0.3, 0.4) is 0 Å². The number of rotatable bonds is 0. The second-order valence-electron chi connectivity index (χ2n) is 0. The fourth-order valence-corrected chi connectivity index (χ4v) is 0. The minimum atomic E-state index is 0. The minimum Gasteiger partial charge on any atom is 0 e. The molecule has 2 nitrogen and oxygen atoms in total. The maximum absolute atomic E-state index is 0. The van der Waals surface area contributed by atoms with Crippen LogP contribution in [0.4, 0.5) is 0 Å². The molecule has 0 heterocycles. The molecule has 0 radical (unpaired) electrons. The van der Waals surface area contributed by atoms with Gasteiger partial charge in [0.25, 0.3) is 0 Å². The first-order valence-corrected chi connectivity index (χ1v) is 0. The van der Waals surface area contributed by atoms with Crippen molar-refractivity contribution in [1.29, 1.82) is 0 Å². The molecule has 0 aromatic heterocycles. The van der Waals surface area contributed by atoms with E-state index in [1.54, 1.807) is 0 Å². The molecule has 0 bridgehead atoms. The summed E-state index contributed by atoms with van der Waals surface area (Å²) in [5.41, 5.74) is 0. The van der Waals surface area contributed by atoms with E-state index in [1.807, 2.05) is 0 Å². The van der Waals surface area contributed by atoms with Gasteiger partial charge >= 0.3 is 25.8 Å². The molecule has 4 N–H and O–H groups in total. The van der Waals surface area contributed by atoms with E-state index in [-0.39, 0.29) is 58.5 Å². The first-order valence-electron chi connectivity index (χ1n) is 0. The molecule has 0 aromatic carbocycles. The standard InChI is InChI=1S/In.2H2O.Ti.3H/h;2*1H2;;;;. The van der Waals surface area contributed by atoms with Crippen LogP contribution in [0.5, 0.6) is 0 Å². The average Bonchev–Trinajstić information content (AvgIpc) is 0. The van der Waals surface area contributed by atoms with Crippen molar-refractivity contribution < 1.29 is 32.7 Å². The van der Waals surface area contributed by atoms with Crippen molar-refractivity contribution in [3.8, 4) is 0 Å². The summed E-state index contributed by atoms with van der Waals surface area (Å²) in [7, 11) is 0. The fraction of sp³-hybridized carbons (Fsp3) is 0. The van der Waals surface area contributed by atoms with E-state index < -0.39 is 0 Å². The SMILES string of the molecule is O.O.[InH3].[Ti]. The molecular weight excluding hydrogens is 195 g/mol. The third-order valence-corrected chi connectivity index (χ3v) is 0. The Kier molecular flexibility index (Phi) is 302. The molecule has 4 heavy (non-hydrogen) atoms. The summed E-state index contributed by atoms with van der Waals surface area (Å²) in [5, 5.41) is 0. The van der Waals surface area contributed by atoms with Gasteiger partial charge in [-0.3, -0.25) is 0 Å². The molecule has 0 fully saturated rings. The first kappa shape index (κ1) is 49.3. The maximum atomic E-state index is 0. The summed E-state index contributed by atoms with van der Waals surface area (Å²) in [5.74, 6) is 0. The fourth-order valence-electron chi connectivity index (χ4n) is 0. The molecule has 0 rings (SSSR count). The topological polar surface area (TPSA) is 63.0 Å². The zero-order chi connectivity index (χ0) is 0. The number of hydrogen-bond acceptors (Lipinski definition) is 0. The Morgan fingerprint density at radius 2 is 0.750 bits per heavy atom. The van der Waals surface area contributed by atoms with Crippen LogP contribution in [0.15, 0.2) is 0 Å². The number of hydrogen-bond donors (Lipinski definition) is 0. The molecule has 0 amide bonds. The van der Waals surface area contributed by atoms with Gasteiger partial charge in [-0.2, -0.15) is 0 Å². The van der Waals surface area contributed by atoms with Gasteiger partial charge in [0, 0.05) is 21.7 Å². The average molecular weight is 202 g/mol. The van der Waals surface area contributed by atoms with Gasteiger partial charge in [0.1, 0.15) is 0 Å². The van der Waals surface area contributed by atoms with E-state index in [9.17, 15) is 0 Å². The van der Waals surface area contributed by atoms with Crippen LogP contribution in [-0.4, -0.2) is 36.8 Å². The second kappa shape index (κ2) is 24.4. The zero-order valence-electron chi connectivity index (χ0n) is 1.50. The minimum absolute atomic E-state index is 0. The van der Waals surface area contributed by atoms with Crippen LogP contribution >= 0.6 is 0 Å². The van der Waals surface area contributed by atoms with E-state index in [4.69, 9.17) is 0 Å². The summed E-state index contributed by atoms with van der Waals surface area (Å²) < 4.78 is 0. The largest absolute Gasteiger partial charge is 0 e. The molecule has 26 valence electrons. The summed E-state index contributed by atoms with van der Waals surface area (Å²) in [4.78, 5) is 0. The Bertz CT molecular complexity index is 6.00. The van der Waals surface area contributed by atoms with Crippen molar-refractivity contribution >= 4 is 25.8 Å². The van der Waals surface area contributed by atoms with Gasteiger partial charge in [-0.15, -0.1) is 0 Å². The van der Waals surface area contributed by atoms with E-state index in [0.717, 1.165) is 0 Å². The molecule has 4 heteroatoms. The summed E-state index contributed by atoms with van der Waals surface area (Å²) in [6, 6.07) is 0. The van der Waals surface area contributed by atoms with Crippen LogP contribution in [-0.2, 0) is 21.7 Å². The van der Waals surface area contributed by atoms with Crippen molar-refractivity contribution in [3.05, 3.63) is 0 Å². The smallest absolute Gasteiger partial charge is 0 e. The molecule has 0 aromatic rings. The molecule has 0 atom stereocenters. The third kappa shape index (κ3) is 9.71. The Morgan fingerprint density at radius 3 is 0.750 bits per heavy atom. The van der Waals surface area contributed by atoms with Crippen molar-refractivity contribution in [2.24, 2.45) is 0 Å². The Balaban J connectivity index is 0. The Labute approximate surface area is 58.2 Å². The van der Waals surface area contributed by atoms with Gasteiger partial charge in [0.15, 0.2) is 0 Å². The van der Waals surface area contributed by atoms with Crippen molar-refractivity contribution in [2.45, 2.75) is 0 Å². The van der Waals surface area contributed by atoms with Crippen molar-refractivity contribution in [1.82, 2.24) is 0 Å². The molecule has 0 aliphatic carbocycles. The third-order valence-electron chi connectivity index (χ3n) is 0. The van der Waals surface area contributed by atoms with Crippen LogP contribution in [0, 0.1) is 0 Å².